The average Bonchev–Trinajstić information content (AvgIpc) is 3.51. The standard InChI is InChI=1S/C25H27FN8O3S/c1-12(34-21-19(11-28-34)31(3)25(37)32(4)23(21)36)22(35)30-24-29-20(13(2)38-24)14-5-6-18(17(26)7-14)33-15-8-16(33)10-27-9-15/h5-7,11-12,15-16,27H,8-10H2,1-4H3,(H,29,30,35)/t12-,15?,16?/m0/s1. The fourth-order valence-corrected chi connectivity index (χ4v) is 6.29. The highest BCUT2D eigenvalue weighted by Gasteiger charge is 2.42. The van der Waals surface area contributed by atoms with E-state index in [9.17, 15) is 14.4 Å². The number of aryl methyl sites for hydroxylation is 2. The van der Waals surface area contributed by atoms with Crippen molar-refractivity contribution in [1.82, 2.24) is 29.2 Å². The summed E-state index contributed by atoms with van der Waals surface area (Å²) in [7, 11) is 2.93. The number of halogens is 1. The van der Waals surface area contributed by atoms with E-state index in [0.29, 0.717) is 39.7 Å². The lowest BCUT2D eigenvalue weighted by Gasteiger charge is -2.54. The highest BCUT2D eigenvalue weighted by molar-refractivity contribution is 7.16. The van der Waals surface area contributed by atoms with Crippen molar-refractivity contribution >= 4 is 39.1 Å². The van der Waals surface area contributed by atoms with Crippen LogP contribution < -0.4 is 26.8 Å². The molecule has 0 radical (unpaired) electrons. The zero-order valence-electron chi connectivity index (χ0n) is 21.4. The lowest BCUT2D eigenvalue weighted by molar-refractivity contribution is -0.119. The summed E-state index contributed by atoms with van der Waals surface area (Å²) < 4.78 is 18.8. The molecule has 13 heteroatoms. The van der Waals surface area contributed by atoms with E-state index in [1.54, 1.807) is 14.0 Å². The molecule has 2 aliphatic rings. The van der Waals surface area contributed by atoms with Crippen molar-refractivity contribution in [3.8, 4) is 11.3 Å². The van der Waals surface area contributed by atoms with E-state index >= 15 is 4.39 Å². The second-order valence-corrected chi connectivity index (χ2v) is 11.1. The van der Waals surface area contributed by atoms with Gasteiger partial charge in [-0.05, 0) is 32.4 Å². The second kappa shape index (κ2) is 8.88. The van der Waals surface area contributed by atoms with E-state index in [-0.39, 0.29) is 11.3 Å². The van der Waals surface area contributed by atoms with Gasteiger partial charge in [-0.3, -0.25) is 18.7 Å². The number of rotatable bonds is 5. The van der Waals surface area contributed by atoms with Crippen LogP contribution in [0.4, 0.5) is 15.2 Å². The van der Waals surface area contributed by atoms with Gasteiger partial charge in [-0.25, -0.2) is 18.9 Å². The highest BCUT2D eigenvalue weighted by Crippen LogP contribution is 2.38. The number of aromatic nitrogens is 5. The maximum absolute atomic E-state index is 15.2. The van der Waals surface area contributed by atoms with Crippen molar-refractivity contribution < 1.29 is 9.18 Å². The van der Waals surface area contributed by atoms with Crippen molar-refractivity contribution in [1.29, 1.82) is 0 Å². The number of piperazine rings is 1. The molecule has 4 aromatic rings. The Bertz CT molecular complexity index is 1710. The van der Waals surface area contributed by atoms with Crippen LogP contribution in [0, 0.1) is 12.7 Å². The van der Waals surface area contributed by atoms with Crippen LogP contribution in [0.3, 0.4) is 0 Å². The quantitative estimate of drug-likeness (QED) is 0.397. The molecule has 2 saturated heterocycles. The number of piperidine rings is 1. The summed E-state index contributed by atoms with van der Waals surface area (Å²) >= 11 is 1.29. The summed E-state index contributed by atoms with van der Waals surface area (Å²) in [5.74, 6) is -0.710. The molecule has 2 aliphatic heterocycles. The first-order valence-electron chi connectivity index (χ1n) is 12.4. The molecular weight excluding hydrogens is 511 g/mol. The summed E-state index contributed by atoms with van der Waals surface area (Å²) in [6, 6.07) is 4.99. The molecule has 198 valence electrons. The number of amides is 1. The van der Waals surface area contributed by atoms with Gasteiger partial charge in [0.05, 0.1) is 23.1 Å². The molecule has 2 fully saturated rings. The van der Waals surface area contributed by atoms with Gasteiger partial charge in [-0.2, -0.15) is 5.10 Å². The first-order chi connectivity index (χ1) is 18.2. The van der Waals surface area contributed by atoms with E-state index in [1.807, 2.05) is 19.1 Å². The molecule has 0 saturated carbocycles. The molecule has 1 aromatic carbocycles. The monoisotopic (exact) mass is 538 g/mol. The molecule has 2 bridgehead atoms. The van der Waals surface area contributed by atoms with Crippen LogP contribution in [0.2, 0.25) is 0 Å². The molecule has 0 spiro atoms. The van der Waals surface area contributed by atoms with E-state index in [0.717, 1.165) is 29.0 Å². The zero-order chi connectivity index (χ0) is 26.9. The second-order valence-electron chi connectivity index (χ2n) is 9.89. The molecule has 0 aliphatic carbocycles. The van der Waals surface area contributed by atoms with Crippen molar-refractivity contribution in [3.63, 3.8) is 0 Å². The SMILES string of the molecule is Cc1sc(NC(=O)[C@H](C)n2ncc3c2c(=O)n(C)c(=O)n3C)nc1-c1ccc(N2C3CNCC2C3)c(F)c1. The topological polar surface area (TPSA) is 119 Å². The predicted octanol–water partition coefficient (Wildman–Crippen LogP) is 1.75. The van der Waals surface area contributed by atoms with Crippen LogP contribution in [-0.4, -0.2) is 55.0 Å². The van der Waals surface area contributed by atoms with Gasteiger partial charge in [0.25, 0.3) is 11.5 Å². The van der Waals surface area contributed by atoms with Gasteiger partial charge >= 0.3 is 5.69 Å². The predicted molar refractivity (Wildman–Crippen MR) is 143 cm³/mol. The van der Waals surface area contributed by atoms with Gasteiger partial charge in [-0.1, -0.05) is 6.07 Å². The number of carbonyl (C=O) groups excluding carboxylic acids is 1. The Morgan fingerprint density at radius 1 is 1.21 bits per heavy atom. The average molecular weight is 539 g/mol. The molecule has 2 N–H and O–H groups in total. The van der Waals surface area contributed by atoms with Crippen molar-refractivity contribution in [3.05, 3.63) is 55.9 Å². The lowest BCUT2D eigenvalue weighted by Crippen LogP contribution is -2.68. The van der Waals surface area contributed by atoms with Crippen molar-refractivity contribution in [2.45, 2.75) is 38.4 Å². The molecule has 6 rings (SSSR count). The van der Waals surface area contributed by atoms with E-state index in [2.05, 4.69) is 25.6 Å². The van der Waals surface area contributed by atoms with E-state index in [1.165, 1.54) is 39.9 Å². The van der Waals surface area contributed by atoms with E-state index < -0.39 is 23.2 Å². The number of fused-ring (bicyclic) bond motifs is 3. The summed E-state index contributed by atoms with van der Waals surface area (Å²) in [4.78, 5) is 45.6. The van der Waals surface area contributed by atoms with Crippen molar-refractivity contribution in [2.24, 2.45) is 14.1 Å². The minimum Gasteiger partial charge on any atom is -0.360 e. The fraction of sp³-hybridized carbons (Fsp3) is 0.400. The first-order valence-corrected chi connectivity index (χ1v) is 13.2. The molecule has 3 aromatic heterocycles. The molecule has 1 amide bonds. The molecule has 2 unspecified atom stereocenters. The van der Waals surface area contributed by atoms with Crippen LogP contribution in [0.25, 0.3) is 22.3 Å². The molecule has 3 atom stereocenters. The Balaban J connectivity index is 1.24. The minimum absolute atomic E-state index is 0.158. The summed E-state index contributed by atoms with van der Waals surface area (Å²) in [5, 5.41) is 10.7. The number of nitrogens with zero attached hydrogens (tertiary/aromatic N) is 6. The Hall–Kier alpha value is -3.84. The Labute approximate surface area is 220 Å². The van der Waals surface area contributed by atoms with Gasteiger partial charge in [0.1, 0.15) is 11.9 Å². The number of hydrogen-bond donors (Lipinski definition) is 2. The third kappa shape index (κ3) is 3.68. The maximum Gasteiger partial charge on any atom is 0.331 e. The molecule has 11 nitrogen and oxygen atoms in total. The number of benzene rings is 1. The third-order valence-corrected chi connectivity index (χ3v) is 8.47. The van der Waals surface area contributed by atoms with E-state index in [4.69, 9.17) is 0 Å². The van der Waals surface area contributed by atoms with Crippen LogP contribution in [-0.2, 0) is 18.9 Å². The Morgan fingerprint density at radius 2 is 1.95 bits per heavy atom. The zero-order valence-corrected chi connectivity index (χ0v) is 22.2. The summed E-state index contributed by atoms with van der Waals surface area (Å²) in [6.45, 7) is 5.22. The smallest absolute Gasteiger partial charge is 0.331 e. The molecule has 5 heterocycles. The van der Waals surface area contributed by atoms with Crippen LogP contribution in [0.5, 0.6) is 0 Å². The number of thiazole rings is 1. The normalized spacial score (nSPS) is 19.4. The molecular formula is C25H27FN8O3S. The Morgan fingerprint density at radius 3 is 2.63 bits per heavy atom. The number of carbonyl (C=O) groups is 1. The van der Waals surface area contributed by atoms with Crippen LogP contribution in [0.1, 0.15) is 24.3 Å². The van der Waals surface area contributed by atoms with Crippen LogP contribution in [0.15, 0.2) is 34.0 Å². The highest BCUT2D eigenvalue weighted by atomic mass is 32.1. The third-order valence-electron chi connectivity index (χ3n) is 7.58. The van der Waals surface area contributed by atoms with Gasteiger partial charge < -0.3 is 15.5 Å². The maximum atomic E-state index is 15.2. The lowest BCUT2D eigenvalue weighted by atomic mass is 9.87. The van der Waals surface area contributed by atoms with Gasteiger partial charge in [0.2, 0.25) is 0 Å². The largest absolute Gasteiger partial charge is 0.360 e. The number of anilines is 2. The summed E-state index contributed by atoms with van der Waals surface area (Å²) in [6.07, 6.45) is 2.48. The molecule has 38 heavy (non-hydrogen) atoms. The number of nitrogens with one attached hydrogen (secondary N) is 2. The van der Waals surface area contributed by atoms with Gasteiger partial charge in [-0.15, -0.1) is 11.3 Å². The van der Waals surface area contributed by atoms with Crippen LogP contribution >= 0.6 is 11.3 Å². The van der Waals surface area contributed by atoms with Gasteiger partial charge in [0.15, 0.2) is 10.6 Å². The fourth-order valence-electron chi connectivity index (χ4n) is 5.45. The van der Waals surface area contributed by atoms with Gasteiger partial charge in [0, 0.05) is 49.7 Å². The first kappa shape index (κ1) is 24.5. The minimum atomic E-state index is -0.854. The Kier molecular flexibility index (Phi) is 5.72. The summed E-state index contributed by atoms with van der Waals surface area (Å²) in [5.41, 5.74) is 1.35. The number of hydrogen-bond acceptors (Lipinski definition) is 8. The van der Waals surface area contributed by atoms with Crippen molar-refractivity contribution in [2.75, 3.05) is 23.3 Å².